The Morgan fingerprint density at radius 3 is 3.00 bits per heavy atom. The van der Waals surface area contributed by atoms with Crippen LogP contribution in [0, 0.1) is 0 Å². The molecule has 0 aliphatic carbocycles. The fourth-order valence-corrected chi connectivity index (χ4v) is 1.08. The molecule has 2 rings (SSSR count). The van der Waals surface area contributed by atoms with Crippen molar-refractivity contribution in [1.29, 1.82) is 0 Å². The zero-order valence-corrected chi connectivity index (χ0v) is 7.55. The van der Waals surface area contributed by atoms with Gasteiger partial charge < -0.3 is 10.3 Å². The molecule has 0 atom stereocenters. The summed E-state index contributed by atoms with van der Waals surface area (Å²) in [5, 5.41) is 3.78. The van der Waals surface area contributed by atoms with E-state index in [-0.39, 0.29) is 0 Å². The Balaban J connectivity index is 2.25. The molecule has 2 aromatic rings. The van der Waals surface area contributed by atoms with Gasteiger partial charge in [-0.1, -0.05) is 11.2 Å². The molecule has 0 bridgehead atoms. The van der Waals surface area contributed by atoms with E-state index in [2.05, 4.69) is 15.1 Å². The van der Waals surface area contributed by atoms with Crippen LogP contribution in [-0.2, 0) is 6.42 Å². The summed E-state index contributed by atoms with van der Waals surface area (Å²) in [6.07, 6.45) is 2.30. The summed E-state index contributed by atoms with van der Waals surface area (Å²) in [5.41, 5.74) is 6.05. The first-order valence-corrected chi connectivity index (χ1v) is 4.34. The van der Waals surface area contributed by atoms with Crippen LogP contribution in [0.1, 0.15) is 5.82 Å². The number of nitrogens with zero attached hydrogens (tertiary/aromatic N) is 3. The molecule has 72 valence electrons. The predicted molar refractivity (Wildman–Crippen MR) is 50.3 cm³/mol. The summed E-state index contributed by atoms with van der Waals surface area (Å²) in [6.45, 7) is 0.515. The van der Waals surface area contributed by atoms with Crippen LogP contribution >= 0.6 is 0 Å². The number of pyridine rings is 1. The largest absolute Gasteiger partial charge is 0.332 e. The van der Waals surface area contributed by atoms with Crippen molar-refractivity contribution in [3.8, 4) is 11.6 Å². The second-order valence-corrected chi connectivity index (χ2v) is 2.77. The highest BCUT2D eigenvalue weighted by atomic mass is 16.5. The lowest BCUT2D eigenvalue weighted by Gasteiger charge is -1.89. The molecule has 5 heteroatoms. The standard InChI is InChI=1S/C9H10N4O/c10-5-4-8-12-9(14-13-8)7-3-1-2-6-11-7/h1-3,6H,4-5,10H2. The topological polar surface area (TPSA) is 77.8 Å². The van der Waals surface area contributed by atoms with Crippen molar-refractivity contribution in [1.82, 2.24) is 15.1 Å². The monoisotopic (exact) mass is 190 g/mol. The maximum Gasteiger partial charge on any atom is 0.276 e. The van der Waals surface area contributed by atoms with Crippen LogP contribution < -0.4 is 5.73 Å². The van der Waals surface area contributed by atoms with Crippen molar-refractivity contribution in [2.24, 2.45) is 5.73 Å². The maximum absolute atomic E-state index is 5.37. The average Bonchev–Trinajstić information content (AvgIpc) is 2.68. The first-order chi connectivity index (χ1) is 6.90. The molecule has 0 fully saturated rings. The smallest absolute Gasteiger partial charge is 0.276 e. The third kappa shape index (κ3) is 1.77. The summed E-state index contributed by atoms with van der Waals surface area (Å²) >= 11 is 0. The van der Waals surface area contributed by atoms with E-state index in [0.29, 0.717) is 30.4 Å². The maximum atomic E-state index is 5.37. The van der Waals surface area contributed by atoms with Crippen molar-refractivity contribution in [2.45, 2.75) is 6.42 Å². The van der Waals surface area contributed by atoms with Gasteiger partial charge in [0.25, 0.3) is 5.89 Å². The summed E-state index contributed by atoms with van der Waals surface area (Å²) < 4.78 is 5.02. The van der Waals surface area contributed by atoms with E-state index in [9.17, 15) is 0 Å². The molecule has 0 amide bonds. The molecule has 0 saturated heterocycles. The molecule has 0 radical (unpaired) electrons. The first-order valence-electron chi connectivity index (χ1n) is 4.34. The van der Waals surface area contributed by atoms with Crippen LogP contribution in [0.5, 0.6) is 0 Å². The lowest BCUT2D eigenvalue weighted by atomic mass is 10.3. The number of hydrogen-bond donors (Lipinski definition) is 1. The van der Waals surface area contributed by atoms with Crippen LogP contribution in [0.2, 0.25) is 0 Å². The van der Waals surface area contributed by atoms with Gasteiger partial charge in [-0.15, -0.1) is 0 Å². The molecule has 5 nitrogen and oxygen atoms in total. The Morgan fingerprint density at radius 2 is 2.29 bits per heavy atom. The van der Waals surface area contributed by atoms with Crippen LogP contribution in [-0.4, -0.2) is 21.7 Å². The van der Waals surface area contributed by atoms with Crippen molar-refractivity contribution in [2.75, 3.05) is 6.54 Å². The first kappa shape index (κ1) is 8.83. The van der Waals surface area contributed by atoms with E-state index in [4.69, 9.17) is 10.3 Å². The fourth-order valence-electron chi connectivity index (χ4n) is 1.08. The predicted octanol–water partition coefficient (Wildman–Crippen LogP) is 0.633. The van der Waals surface area contributed by atoms with E-state index in [0.717, 1.165) is 0 Å². The second kappa shape index (κ2) is 3.97. The van der Waals surface area contributed by atoms with Gasteiger partial charge in [0.1, 0.15) is 5.69 Å². The molecule has 0 spiro atoms. The summed E-state index contributed by atoms with van der Waals surface area (Å²) in [4.78, 5) is 8.24. The molecule has 2 heterocycles. The van der Waals surface area contributed by atoms with Gasteiger partial charge in [0.05, 0.1) is 0 Å². The Bertz CT molecular complexity index is 398. The average molecular weight is 190 g/mol. The molecule has 0 aliphatic rings. The number of hydrogen-bond acceptors (Lipinski definition) is 5. The van der Waals surface area contributed by atoms with Gasteiger partial charge in [-0.25, -0.2) is 0 Å². The molecule has 2 N–H and O–H groups in total. The van der Waals surface area contributed by atoms with Gasteiger partial charge in [-0.05, 0) is 18.7 Å². The minimum atomic E-state index is 0.439. The van der Waals surface area contributed by atoms with E-state index < -0.39 is 0 Å². The van der Waals surface area contributed by atoms with E-state index in [1.165, 1.54) is 0 Å². The zero-order valence-electron chi connectivity index (χ0n) is 7.55. The van der Waals surface area contributed by atoms with Crippen LogP contribution in [0.15, 0.2) is 28.9 Å². The van der Waals surface area contributed by atoms with Gasteiger partial charge in [0, 0.05) is 12.6 Å². The molecule has 0 aliphatic heterocycles. The lowest BCUT2D eigenvalue weighted by molar-refractivity contribution is 0.421. The van der Waals surface area contributed by atoms with E-state index >= 15 is 0 Å². The van der Waals surface area contributed by atoms with Crippen molar-refractivity contribution in [3.05, 3.63) is 30.2 Å². The normalized spacial score (nSPS) is 10.4. The SMILES string of the molecule is NCCc1noc(-c2ccccn2)n1. The molecule has 0 saturated carbocycles. The van der Waals surface area contributed by atoms with Crippen LogP contribution in [0.3, 0.4) is 0 Å². The number of rotatable bonds is 3. The van der Waals surface area contributed by atoms with Gasteiger partial charge in [-0.2, -0.15) is 4.98 Å². The summed E-state index contributed by atoms with van der Waals surface area (Å²) in [7, 11) is 0. The fraction of sp³-hybridized carbons (Fsp3) is 0.222. The van der Waals surface area contributed by atoms with E-state index in [1.807, 2.05) is 18.2 Å². The minimum absolute atomic E-state index is 0.439. The Labute approximate surface area is 81.0 Å². The summed E-state index contributed by atoms with van der Waals surface area (Å²) in [5.74, 6) is 1.06. The summed E-state index contributed by atoms with van der Waals surface area (Å²) in [6, 6.07) is 5.52. The highest BCUT2D eigenvalue weighted by molar-refractivity contribution is 5.45. The van der Waals surface area contributed by atoms with Crippen molar-refractivity contribution in [3.63, 3.8) is 0 Å². The second-order valence-electron chi connectivity index (χ2n) is 2.77. The van der Waals surface area contributed by atoms with Gasteiger partial charge in [0.15, 0.2) is 5.82 Å². The molecular formula is C9H10N4O. The third-order valence-corrected chi connectivity index (χ3v) is 1.72. The Morgan fingerprint density at radius 1 is 1.36 bits per heavy atom. The van der Waals surface area contributed by atoms with Gasteiger partial charge in [-0.3, -0.25) is 4.98 Å². The quantitative estimate of drug-likeness (QED) is 0.768. The third-order valence-electron chi connectivity index (χ3n) is 1.72. The lowest BCUT2D eigenvalue weighted by Crippen LogP contribution is -2.03. The van der Waals surface area contributed by atoms with Crippen molar-refractivity contribution < 1.29 is 4.52 Å². The molecular weight excluding hydrogens is 180 g/mol. The Hall–Kier alpha value is -1.75. The highest BCUT2D eigenvalue weighted by Crippen LogP contribution is 2.12. The highest BCUT2D eigenvalue weighted by Gasteiger charge is 2.07. The number of aromatic nitrogens is 3. The van der Waals surface area contributed by atoms with Gasteiger partial charge in [0.2, 0.25) is 0 Å². The van der Waals surface area contributed by atoms with Crippen LogP contribution in [0.4, 0.5) is 0 Å². The molecule has 0 unspecified atom stereocenters. The van der Waals surface area contributed by atoms with Crippen LogP contribution in [0.25, 0.3) is 11.6 Å². The van der Waals surface area contributed by atoms with Crippen molar-refractivity contribution >= 4 is 0 Å². The van der Waals surface area contributed by atoms with E-state index in [1.54, 1.807) is 6.20 Å². The zero-order chi connectivity index (χ0) is 9.80. The molecule has 0 aromatic carbocycles. The molecule has 14 heavy (non-hydrogen) atoms. The number of nitrogens with two attached hydrogens (primary N) is 1. The Kier molecular flexibility index (Phi) is 2.51. The molecule has 2 aromatic heterocycles. The minimum Gasteiger partial charge on any atom is -0.332 e. The van der Waals surface area contributed by atoms with Gasteiger partial charge >= 0.3 is 0 Å².